The number of rotatable bonds is 2. The molecule has 1 fully saturated rings. The fourth-order valence-corrected chi connectivity index (χ4v) is 2.27. The van der Waals surface area contributed by atoms with Crippen LogP contribution in [0.1, 0.15) is 30.0 Å². The Morgan fingerprint density at radius 3 is 2.71 bits per heavy atom. The summed E-state index contributed by atoms with van der Waals surface area (Å²) in [6.07, 6.45) is 0.642. The minimum atomic E-state index is -0.462. The third kappa shape index (κ3) is 2.08. The molecular formula is C13H16N2O2. The van der Waals surface area contributed by atoms with Crippen LogP contribution in [0.3, 0.4) is 0 Å². The number of amides is 1. The number of Topliss-reactive ketones (excluding diaryl/α,β-unsaturated/α-hetero) is 1. The van der Waals surface area contributed by atoms with Crippen LogP contribution < -0.4 is 5.73 Å². The van der Waals surface area contributed by atoms with Crippen LogP contribution in [-0.2, 0) is 16.1 Å². The Labute approximate surface area is 100 Å². The summed E-state index contributed by atoms with van der Waals surface area (Å²) in [5.41, 5.74) is 7.45. The number of nitrogens with two attached hydrogens (primary N) is 1. The predicted octanol–water partition coefficient (Wildman–Crippen LogP) is 1.01. The van der Waals surface area contributed by atoms with E-state index in [0.29, 0.717) is 19.4 Å². The van der Waals surface area contributed by atoms with Crippen molar-refractivity contribution in [3.63, 3.8) is 0 Å². The summed E-state index contributed by atoms with van der Waals surface area (Å²) >= 11 is 0. The lowest BCUT2D eigenvalue weighted by molar-refractivity contribution is -0.143. The van der Waals surface area contributed by atoms with Gasteiger partial charge in [-0.2, -0.15) is 0 Å². The molecule has 0 aliphatic carbocycles. The van der Waals surface area contributed by atoms with E-state index >= 15 is 0 Å². The smallest absolute Gasteiger partial charge is 0.223 e. The molecule has 1 aromatic carbocycles. The zero-order valence-corrected chi connectivity index (χ0v) is 9.85. The average molecular weight is 232 g/mol. The first-order valence-corrected chi connectivity index (χ1v) is 5.71. The summed E-state index contributed by atoms with van der Waals surface area (Å²) in [6, 6.07) is 7.07. The number of piperidine rings is 1. The van der Waals surface area contributed by atoms with Gasteiger partial charge in [0, 0.05) is 26.4 Å². The summed E-state index contributed by atoms with van der Waals surface area (Å²) < 4.78 is 0. The molecule has 0 saturated carbocycles. The molecule has 4 heteroatoms. The maximum absolute atomic E-state index is 12.0. The van der Waals surface area contributed by atoms with Crippen LogP contribution >= 0.6 is 0 Å². The largest absolute Gasteiger partial charge is 0.332 e. The lowest BCUT2D eigenvalue weighted by Gasteiger charge is -2.32. The predicted molar refractivity (Wildman–Crippen MR) is 64.1 cm³/mol. The van der Waals surface area contributed by atoms with Gasteiger partial charge in [0.25, 0.3) is 0 Å². The molecule has 1 atom stereocenters. The van der Waals surface area contributed by atoms with E-state index in [1.807, 2.05) is 24.3 Å². The number of likely N-dealkylation sites (N-methyl/N-ethyl adjacent to an activating group) is 1. The fraction of sp³-hybridized carbons (Fsp3) is 0.385. The monoisotopic (exact) mass is 232 g/mol. The van der Waals surface area contributed by atoms with Gasteiger partial charge in [0.1, 0.15) is 6.04 Å². The first kappa shape index (κ1) is 11.8. The zero-order chi connectivity index (χ0) is 12.4. The van der Waals surface area contributed by atoms with Crippen molar-refractivity contribution in [3.05, 3.63) is 35.4 Å². The van der Waals surface area contributed by atoms with E-state index in [1.54, 1.807) is 7.05 Å². The molecular weight excluding hydrogens is 216 g/mol. The van der Waals surface area contributed by atoms with Gasteiger partial charge in [0.05, 0.1) is 0 Å². The highest BCUT2D eigenvalue weighted by Crippen LogP contribution is 2.29. The molecule has 2 rings (SSSR count). The summed E-state index contributed by atoms with van der Waals surface area (Å²) in [4.78, 5) is 25.2. The third-order valence-electron chi connectivity index (χ3n) is 3.24. The summed E-state index contributed by atoms with van der Waals surface area (Å²) in [6.45, 7) is 0.377. The zero-order valence-electron chi connectivity index (χ0n) is 9.85. The second-order valence-corrected chi connectivity index (χ2v) is 4.28. The standard InChI is InChI=1S/C13H16N2O2/c1-15-12(17)7-6-11(16)13(15)10-5-3-2-4-9(10)8-14/h2-5,13H,6-8,14H2,1H3. The van der Waals surface area contributed by atoms with Crippen molar-refractivity contribution >= 4 is 11.7 Å². The Hall–Kier alpha value is -1.68. The molecule has 4 nitrogen and oxygen atoms in total. The van der Waals surface area contributed by atoms with Crippen LogP contribution in [-0.4, -0.2) is 23.6 Å². The van der Waals surface area contributed by atoms with E-state index < -0.39 is 6.04 Å². The molecule has 90 valence electrons. The van der Waals surface area contributed by atoms with Crippen LogP contribution in [0.4, 0.5) is 0 Å². The van der Waals surface area contributed by atoms with Crippen molar-refractivity contribution in [2.24, 2.45) is 5.73 Å². The minimum absolute atomic E-state index is 0.0152. The number of ketones is 1. The number of hydrogen-bond acceptors (Lipinski definition) is 3. The number of carbonyl (C=O) groups excluding carboxylic acids is 2. The molecule has 17 heavy (non-hydrogen) atoms. The van der Waals surface area contributed by atoms with Crippen molar-refractivity contribution in [1.29, 1.82) is 0 Å². The summed E-state index contributed by atoms with van der Waals surface area (Å²) in [7, 11) is 1.68. The van der Waals surface area contributed by atoms with Gasteiger partial charge >= 0.3 is 0 Å². The number of benzene rings is 1. The normalized spacial score (nSPS) is 20.8. The minimum Gasteiger partial charge on any atom is -0.332 e. The topological polar surface area (TPSA) is 63.4 Å². The maximum Gasteiger partial charge on any atom is 0.223 e. The van der Waals surface area contributed by atoms with Crippen LogP contribution in [0.15, 0.2) is 24.3 Å². The SMILES string of the molecule is CN1C(=O)CCC(=O)C1c1ccccc1CN. The van der Waals surface area contributed by atoms with Crippen LogP contribution in [0.2, 0.25) is 0 Å². The van der Waals surface area contributed by atoms with E-state index in [4.69, 9.17) is 5.73 Å². The van der Waals surface area contributed by atoms with Gasteiger partial charge in [0.15, 0.2) is 5.78 Å². The van der Waals surface area contributed by atoms with Crippen LogP contribution in [0.5, 0.6) is 0 Å². The summed E-state index contributed by atoms with van der Waals surface area (Å²) in [5, 5.41) is 0. The van der Waals surface area contributed by atoms with Crippen molar-refractivity contribution in [2.75, 3.05) is 7.05 Å². The van der Waals surface area contributed by atoms with Crippen molar-refractivity contribution in [3.8, 4) is 0 Å². The number of likely N-dealkylation sites (tertiary alicyclic amines) is 1. The maximum atomic E-state index is 12.0. The van der Waals surface area contributed by atoms with Gasteiger partial charge in [-0.05, 0) is 11.1 Å². The van der Waals surface area contributed by atoms with Gasteiger partial charge < -0.3 is 10.6 Å². The van der Waals surface area contributed by atoms with Gasteiger partial charge in [-0.3, -0.25) is 9.59 Å². The molecule has 1 unspecified atom stereocenters. The molecule has 0 bridgehead atoms. The second kappa shape index (κ2) is 4.67. The lowest BCUT2D eigenvalue weighted by Crippen LogP contribution is -2.41. The molecule has 0 aromatic heterocycles. The van der Waals surface area contributed by atoms with Gasteiger partial charge in [-0.1, -0.05) is 24.3 Å². The number of carbonyl (C=O) groups is 2. The van der Waals surface area contributed by atoms with E-state index in [0.717, 1.165) is 11.1 Å². The highest BCUT2D eigenvalue weighted by molar-refractivity contribution is 5.96. The van der Waals surface area contributed by atoms with Crippen molar-refractivity contribution in [1.82, 2.24) is 4.90 Å². The molecule has 1 aliphatic heterocycles. The first-order chi connectivity index (χ1) is 8.15. The highest BCUT2D eigenvalue weighted by Gasteiger charge is 2.33. The van der Waals surface area contributed by atoms with Crippen molar-refractivity contribution in [2.45, 2.75) is 25.4 Å². The molecule has 0 spiro atoms. The van der Waals surface area contributed by atoms with Gasteiger partial charge in [-0.25, -0.2) is 0 Å². The molecule has 1 aliphatic rings. The quantitative estimate of drug-likeness (QED) is 0.827. The molecule has 1 heterocycles. The van der Waals surface area contributed by atoms with E-state index in [1.165, 1.54) is 4.90 Å². The Bertz CT molecular complexity index is 456. The molecule has 1 saturated heterocycles. The second-order valence-electron chi connectivity index (χ2n) is 4.28. The Morgan fingerprint density at radius 2 is 2.00 bits per heavy atom. The molecule has 1 amide bonds. The Morgan fingerprint density at radius 1 is 1.29 bits per heavy atom. The van der Waals surface area contributed by atoms with Gasteiger partial charge in [0.2, 0.25) is 5.91 Å². The first-order valence-electron chi connectivity index (χ1n) is 5.71. The third-order valence-corrected chi connectivity index (χ3v) is 3.24. The lowest BCUT2D eigenvalue weighted by atomic mass is 9.91. The summed E-state index contributed by atoms with van der Waals surface area (Å²) in [5.74, 6) is 0.106. The molecule has 2 N–H and O–H groups in total. The van der Waals surface area contributed by atoms with Crippen LogP contribution in [0, 0.1) is 0 Å². The highest BCUT2D eigenvalue weighted by atomic mass is 16.2. The molecule has 0 radical (unpaired) electrons. The Balaban J connectivity index is 2.43. The van der Waals surface area contributed by atoms with Crippen LogP contribution in [0.25, 0.3) is 0 Å². The van der Waals surface area contributed by atoms with Crippen molar-refractivity contribution < 1.29 is 9.59 Å². The fourth-order valence-electron chi connectivity index (χ4n) is 2.27. The van der Waals surface area contributed by atoms with E-state index in [9.17, 15) is 9.59 Å². The number of hydrogen-bond donors (Lipinski definition) is 1. The van der Waals surface area contributed by atoms with E-state index in [2.05, 4.69) is 0 Å². The Kier molecular flexibility index (Phi) is 3.24. The molecule has 1 aromatic rings. The average Bonchev–Trinajstić information content (AvgIpc) is 2.35. The van der Waals surface area contributed by atoms with E-state index in [-0.39, 0.29) is 11.7 Å². The van der Waals surface area contributed by atoms with Gasteiger partial charge in [-0.15, -0.1) is 0 Å². The number of nitrogens with zero attached hydrogens (tertiary/aromatic N) is 1.